The highest BCUT2D eigenvalue weighted by Gasteiger charge is 2.09. The Morgan fingerprint density at radius 1 is 1.23 bits per heavy atom. The van der Waals surface area contributed by atoms with Crippen molar-refractivity contribution in [3.05, 3.63) is 69.0 Å². The van der Waals surface area contributed by atoms with Crippen LogP contribution in [0.4, 0.5) is 5.69 Å². The number of amides is 1. The number of hydrogen-bond acceptors (Lipinski definition) is 4. The zero-order valence-electron chi connectivity index (χ0n) is 14.5. The summed E-state index contributed by atoms with van der Waals surface area (Å²) in [6.45, 7) is 3.63. The van der Waals surface area contributed by atoms with E-state index < -0.39 is 5.63 Å². The van der Waals surface area contributed by atoms with Crippen LogP contribution in [-0.2, 0) is 11.2 Å². The number of carbonyl (C=O) groups is 1. The lowest BCUT2D eigenvalue weighted by Gasteiger charge is -2.11. The topological polar surface area (TPSA) is 68.5 Å². The summed E-state index contributed by atoms with van der Waals surface area (Å²) in [5, 5.41) is 4.21. The van der Waals surface area contributed by atoms with Crippen molar-refractivity contribution in [1.82, 2.24) is 0 Å². The minimum absolute atomic E-state index is 0.171. The molecule has 6 heteroatoms. The van der Waals surface area contributed by atoms with Gasteiger partial charge in [-0.2, -0.15) is 0 Å². The van der Waals surface area contributed by atoms with E-state index in [0.717, 1.165) is 22.9 Å². The molecule has 0 saturated carbocycles. The van der Waals surface area contributed by atoms with Gasteiger partial charge >= 0.3 is 5.63 Å². The first-order chi connectivity index (χ1) is 12.5. The van der Waals surface area contributed by atoms with Gasteiger partial charge in [0.1, 0.15) is 11.3 Å². The molecular formula is C20H18ClNO4. The van der Waals surface area contributed by atoms with E-state index in [2.05, 4.69) is 5.32 Å². The van der Waals surface area contributed by atoms with E-state index in [9.17, 15) is 9.59 Å². The summed E-state index contributed by atoms with van der Waals surface area (Å²) in [6, 6.07) is 12.0. The maximum Gasteiger partial charge on any atom is 0.336 e. The first kappa shape index (κ1) is 18.0. The van der Waals surface area contributed by atoms with Crippen molar-refractivity contribution < 1.29 is 13.9 Å². The fraction of sp³-hybridized carbons (Fsp3) is 0.200. The van der Waals surface area contributed by atoms with Gasteiger partial charge in [0.2, 0.25) is 0 Å². The summed E-state index contributed by atoms with van der Waals surface area (Å²) in [5.74, 6) is 0.145. The van der Waals surface area contributed by atoms with Crippen LogP contribution in [0.5, 0.6) is 5.75 Å². The fourth-order valence-corrected chi connectivity index (χ4v) is 2.85. The first-order valence-electron chi connectivity index (χ1n) is 8.22. The van der Waals surface area contributed by atoms with E-state index in [1.54, 1.807) is 30.3 Å². The first-order valence-corrected chi connectivity index (χ1v) is 8.60. The third kappa shape index (κ3) is 3.89. The molecule has 0 aliphatic heterocycles. The summed E-state index contributed by atoms with van der Waals surface area (Å²) in [5.41, 5.74) is 2.39. The van der Waals surface area contributed by atoms with Crippen molar-refractivity contribution in [1.29, 1.82) is 0 Å². The van der Waals surface area contributed by atoms with Crippen LogP contribution >= 0.6 is 11.6 Å². The molecule has 1 amide bonds. The van der Waals surface area contributed by atoms with Crippen LogP contribution in [0, 0.1) is 6.92 Å². The van der Waals surface area contributed by atoms with Gasteiger partial charge in [-0.05, 0) is 48.7 Å². The molecule has 2 aromatic carbocycles. The van der Waals surface area contributed by atoms with Crippen LogP contribution in [0.1, 0.15) is 18.1 Å². The molecule has 1 heterocycles. The second kappa shape index (κ2) is 7.62. The lowest BCUT2D eigenvalue weighted by Crippen LogP contribution is -2.20. The largest absolute Gasteiger partial charge is 0.484 e. The Bertz CT molecular complexity index is 1030. The van der Waals surface area contributed by atoms with Crippen LogP contribution < -0.4 is 15.7 Å². The summed E-state index contributed by atoms with van der Waals surface area (Å²) in [7, 11) is 0. The monoisotopic (exact) mass is 371 g/mol. The SMILES string of the molecule is CCc1cc(=O)oc2cc(OCC(=O)Nc3cccc(Cl)c3C)ccc12. The van der Waals surface area contributed by atoms with Gasteiger partial charge in [-0.25, -0.2) is 4.79 Å². The van der Waals surface area contributed by atoms with Crippen LogP contribution in [0.25, 0.3) is 11.0 Å². The number of anilines is 1. The van der Waals surface area contributed by atoms with Crippen LogP contribution in [0.2, 0.25) is 5.02 Å². The standard InChI is InChI=1S/C20H18ClNO4/c1-3-13-9-20(24)26-18-10-14(7-8-15(13)18)25-11-19(23)22-17-6-4-5-16(21)12(17)2/h4-10H,3,11H2,1-2H3,(H,22,23). The molecule has 0 saturated heterocycles. The number of hydrogen-bond donors (Lipinski definition) is 1. The number of halogens is 1. The van der Waals surface area contributed by atoms with Crippen molar-refractivity contribution >= 4 is 34.2 Å². The lowest BCUT2D eigenvalue weighted by molar-refractivity contribution is -0.118. The molecular weight excluding hydrogens is 354 g/mol. The molecule has 1 aromatic heterocycles. The molecule has 0 radical (unpaired) electrons. The molecule has 0 aliphatic rings. The van der Waals surface area contributed by atoms with Crippen molar-refractivity contribution in [3.63, 3.8) is 0 Å². The Morgan fingerprint density at radius 3 is 2.81 bits per heavy atom. The molecule has 0 atom stereocenters. The average molecular weight is 372 g/mol. The second-order valence-corrected chi connectivity index (χ2v) is 6.26. The molecule has 1 N–H and O–H groups in total. The summed E-state index contributed by atoms with van der Waals surface area (Å²) >= 11 is 6.04. The average Bonchev–Trinajstić information content (AvgIpc) is 2.62. The molecule has 26 heavy (non-hydrogen) atoms. The lowest BCUT2D eigenvalue weighted by atomic mass is 10.1. The molecule has 0 spiro atoms. The molecule has 5 nitrogen and oxygen atoms in total. The number of aryl methyl sites for hydroxylation is 1. The number of rotatable bonds is 5. The second-order valence-electron chi connectivity index (χ2n) is 5.85. The maximum absolute atomic E-state index is 12.1. The van der Waals surface area contributed by atoms with Gasteiger partial charge < -0.3 is 14.5 Å². The van der Waals surface area contributed by atoms with E-state index in [1.807, 2.05) is 19.9 Å². The van der Waals surface area contributed by atoms with Crippen molar-refractivity contribution in [2.45, 2.75) is 20.3 Å². The normalized spacial score (nSPS) is 10.7. The predicted octanol–water partition coefficient (Wildman–Crippen LogP) is 4.33. The number of carbonyl (C=O) groups excluding carboxylic acids is 1. The Balaban J connectivity index is 1.72. The molecule has 0 bridgehead atoms. The number of nitrogens with one attached hydrogen (secondary N) is 1. The summed E-state index contributed by atoms with van der Waals surface area (Å²) < 4.78 is 10.7. The van der Waals surface area contributed by atoms with Crippen LogP contribution in [0.3, 0.4) is 0 Å². The highest BCUT2D eigenvalue weighted by Crippen LogP contribution is 2.24. The zero-order valence-corrected chi connectivity index (χ0v) is 15.2. The van der Waals surface area contributed by atoms with Crippen molar-refractivity contribution in [2.75, 3.05) is 11.9 Å². The van der Waals surface area contributed by atoms with Gasteiger partial charge in [-0.1, -0.05) is 24.6 Å². The van der Waals surface area contributed by atoms with E-state index >= 15 is 0 Å². The van der Waals surface area contributed by atoms with E-state index in [-0.39, 0.29) is 12.5 Å². The van der Waals surface area contributed by atoms with Crippen molar-refractivity contribution in [2.24, 2.45) is 0 Å². The number of benzene rings is 2. The molecule has 134 valence electrons. The van der Waals surface area contributed by atoms with Crippen LogP contribution in [-0.4, -0.2) is 12.5 Å². The Morgan fingerprint density at radius 2 is 2.04 bits per heavy atom. The van der Waals surface area contributed by atoms with Gasteiger partial charge in [-0.3, -0.25) is 4.79 Å². The predicted molar refractivity (Wildman–Crippen MR) is 102 cm³/mol. The highest BCUT2D eigenvalue weighted by molar-refractivity contribution is 6.31. The summed E-state index contributed by atoms with van der Waals surface area (Å²) in [6.07, 6.45) is 0.726. The quantitative estimate of drug-likeness (QED) is 0.677. The maximum atomic E-state index is 12.1. The van der Waals surface area contributed by atoms with E-state index in [4.69, 9.17) is 20.8 Å². The molecule has 0 unspecified atom stereocenters. The van der Waals surface area contributed by atoms with Gasteiger partial charge in [0.15, 0.2) is 6.61 Å². The molecule has 3 aromatic rings. The fourth-order valence-electron chi connectivity index (χ4n) is 2.67. The van der Waals surface area contributed by atoms with Gasteiger partial charge in [0.25, 0.3) is 5.91 Å². The number of fused-ring (bicyclic) bond motifs is 1. The molecule has 0 fully saturated rings. The zero-order chi connectivity index (χ0) is 18.7. The third-order valence-corrected chi connectivity index (χ3v) is 4.50. The highest BCUT2D eigenvalue weighted by atomic mass is 35.5. The van der Waals surface area contributed by atoms with Gasteiger partial charge in [0.05, 0.1) is 0 Å². The smallest absolute Gasteiger partial charge is 0.336 e. The Hall–Kier alpha value is -2.79. The minimum Gasteiger partial charge on any atom is -0.484 e. The van der Waals surface area contributed by atoms with Gasteiger partial charge in [-0.15, -0.1) is 0 Å². The Labute approximate surface area is 155 Å². The Kier molecular flexibility index (Phi) is 5.28. The van der Waals surface area contributed by atoms with Gasteiger partial charge in [0, 0.05) is 28.2 Å². The molecule has 3 rings (SSSR count). The number of ether oxygens (including phenoxy) is 1. The summed E-state index contributed by atoms with van der Waals surface area (Å²) in [4.78, 5) is 23.7. The third-order valence-electron chi connectivity index (χ3n) is 4.09. The van der Waals surface area contributed by atoms with Crippen LogP contribution in [0.15, 0.2) is 51.7 Å². The minimum atomic E-state index is -0.402. The van der Waals surface area contributed by atoms with E-state index in [1.165, 1.54) is 6.07 Å². The molecule has 0 aliphatic carbocycles. The van der Waals surface area contributed by atoms with E-state index in [0.29, 0.717) is 22.0 Å². The van der Waals surface area contributed by atoms with Crippen molar-refractivity contribution in [3.8, 4) is 5.75 Å².